The van der Waals surface area contributed by atoms with Gasteiger partial charge in [0.15, 0.2) is 0 Å². The molecule has 1 aromatic rings. The normalized spacial score (nSPS) is 24.2. The van der Waals surface area contributed by atoms with Gasteiger partial charge in [0.25, 0.3) is 0 Å². The van der Waals surface area contributed by atoms with E-state index in [0.29, 0.717) is 5.54 Å². The van der Waals surface area contributed by atoms with Gasteiger partial charge in [-0.25, -0.2) is 0 Å². The molecule has 2 aliphatic rings. The molecule has 0 aromatic heterocycles. The van der Waals surface area contributed by atoms with Crippen molar-refractivity contribution in [3.05, 3.63) is 35.9 Å². The molecule has 0 bridgehead atoms. The fraction of sp³-hybridized carbons (Fsp3) is 0.647. The summed E-state index contributed by atoms with van der Waals surface area (Å²) < 4.78 is 5.54. The molecule has 1 aliphatic heterocycles. The highest BCUT2D eigenvalue weighted by Gasteiger charge is 2.38. The molecule has 2 heteroatoms. The Bertz CT molecular complexity index is 378. The van der Waals surface area contributed by atoms with Gasteiger partial charge in [-0.2, -0.15) is 0 Å². The molecule has 1 saturated carbocycles. The topological polar surface area (TPSA) is 12.5 Å². The quantitative estimate of drug-likeness (QED) is 0.826. The smallest absolute Gasteiger partial charge is 0.0594 e. The van der Waals surface area contributed by atoms with Crippen molar-refractivity contribution < 1.29 is 4.74 Å². The molecule has 0 radical (unpaired) electrons. The van der Waals surface area contributed by atoms with Gasteiger partial charge in [-0.1, -0.05) is 49.6 Å². The van der Waals surface area contributed by atoms with Crippen molar-refractivity contribution in [1.29, 1.82) is 0 Å². The second kappa shape index (κ2) is 6.06. The van der Waals surface area contributed by atoms with E-state index in [-0.39, 0.29) is 0 Å². The Labute approximate surface area is 116 Å². The summed E-state index contributed by atoms with van der Waals surface area (Å²) in [6.45, 7) is 4.06. The highest BCUT2D eigenvalue weighted by molar-refractivity contribution is 5.18. The Morgan fingerprint density at radius 1 is 0.947 bits per heavy atom. The van der Waals surface area contributed by atoms with Crippen molar-refractivity contribution in [3.8, 4) is 0 Å². The summed E-state index contributed by atoms with van der Waals surface area (Å²) in [5.74, 6) is 0. The van der Waals surface area contributed by atoms with Crippen LogP contribution in [-0.2, 0) is 11.2 Å². The van der Waals surface area contributed by atoms with Gasteiger partial charge >= 0.3 is 0 Å². The van der Waals surface area contributed by atoms with Crippen LogP contribution >= 0.6 is 0 Å². The summed E-state index contributed by atoms with van der Waals surface area (Å²) in [4.78, 5) is 2.72. The van der Waals surface area contributed by atoms with Crippen molar-refractivity contribution in [3.63, 3.8) is 0 Å². The number of hydrogen-bond acceptors (Lipinski definition) is 2. The number of ether oxygens (including phenoxy) is 1. The molecule has 19 heavy (non-hydrogen) atoms. The Hall–Kier alpha value is -0.860. The van der Waals surface area contributed by atoms with Crippen LogP contribution in [0.25, 0.3) is 0 Å². The van der Waals surface area contributed by atoms with Gasteiger partial charge in [-0.05, 0) is 24.8 Å². The highest BCUT2D eigenvalue weighted by Crippen LogP contribution is 2.37. The molecule has 0 amide bonds. The zero-order valence-corrected chi connectivity index (χ0v) is 11.8. The average Bonchev–Trinajstić information content (AvgIpc) is 2.50. The minimum absolute atomic E-state index is 0.406. The first-order valence-electron chi connectivity index (χ1n) is 7.76. The average molecular weight is 259 g/mol. The van der Waals surface area contributed by atoms with Crippen LogP contribution in [0.2, 0.25) is 0 Å². The van der Waals surface area contributed by atoms with Crippen molar-refractivity contribution in [2.24, 2.45) is 0 Å². The van der Waals surface area contributed by atoms with Gasteiger partial charge in [-0.15, -0.1) is 0 Å². The molecule has 0 atom stereocenters. The van der Waals surface area contributed by atoms with Crippen LogP contribution in [0, 0.1) is 0 Å². The first-order valence-corrected chi connectivity index (χ1v) is 7.76. The Kier molecular flexibility index (Phi) is 4.19. The SMILES string of the molecule is c1ccc(CC2(N3CCOCC3)CCCCC2)cc1. The van der Waals surface area contributed by atoms with E-state index < -0.39 is 0 Å². The van der Waals surface area contributed by atoms with Crippen LogP contribution in [0.3, 0.4) is 0 Å². The molecule has 1 heterocycles. The minimum atomic E-state index is 0.406. The number of morpholine rings is 1. The molecular formula is C17H25NO. The molecule has 0 spiro atoms. The molecule has 1 aromatic carbocycles. The van der Waals surface area contributed by atoms with E-state index in [9.17, 15) is 0 Å². The van der Waals surface area contributed by atoms with Crippen molar-refractivity contribution >= 4 is 0 Å². The van der Waals surface area contributed by atoms with E-state index in [2.05, 4.69) is 35.2 Å². The fourth-order valence-electron chi connectivity index (χ4n) is 3.83. The third-order valence-electron chi connectivity index (χ3n) is 4.84. The van der Waals surface area contributed by atoms with Crippen LogP contribution in [0.5, 0.6) is 0 Å². The molecule has 1 saturated heterocycles. The van der Waals surface area contributed by atoms with Gasteiger partial charge in [0.2, 0.25) is 0 Å². The molecule has 0 unspecified atom stereocenters. The summed E-state index contributed by atoms with van der Waals surface area (Å²) in [7, 11) is 0. The van der Waals surface area contributed by atoms with Crippen molar-refractivity contribution in [2.75, 3.05) is 26.3 Å². The maximum absolute atomic E-state index is 5.54. The number of rotatable bonds is 3. The lowest BCUT2D eigenvalue weighted by molar-refractivity contribution is -0.0373. The van der Waals surface area contributed by atoms with Crippen LogP contribution in [-0.4, -0.2) is 36.7 Å². The molecule has 1 aliphatic carbocycles. The molecule has 2 fully saturated rings. The Morgan fingerprint density at radius 2 is 1.63 bits per heavy atom. The van der Waals surface area contributed by atoms with Gasteiger partial charge in [0.1, 0.15) is 0 Å². The number of hydrogen-bond donors (Lipinski definition) is 0. The van der Waals surface area contributed by atoms with E-state index in [1.54, 1.807) is 0 Å². The third-order valence-corrected chi connectivity index (χ3v) is 4.84. The van der Waals surface area contributed by atoms with Crippen LogP contribution in [0.1, 0.15) is 37.7 Å². The van der Waals surface area contributed by atoms with Crippen LogP contribution < -0.4 is 0 Å². The fourth-order valence-corrected chi connectivity index (χ4v) is 3.83. The minimum Gasteiger partial charge on any atom is -0.379 e. The lowest BCUT2D eigenvalue weighted by Crippen LogP contribution is -2.55. The largest absolute Gasteiger partial charge is 0.379 e. The van der Waals surface area contributed by atoms with E-state index in [1.807, 2.05) is 0 Å². The van der Waals surface area contributed by atoms with Gasteiger partial charge < -0.3 is 4.74 Å². The maximum atomic E-state index is 5.54. The molecule has 2 nitrogen and oxygen atoms in total. The number of benzene rings is 1. The Balaban J connectivity index is 1.79. The molecule has 0 N–H and O–H groups in total. The summed E-state index contributed by atoms with van der Waals surface area (Å²) in [5.41, 5.74) is 1.90. The molecule has 3 rings (SSSR count). The summed E-state index contributed by atoms with van der Waals surface area (Å²) >= 11 is 0. The summed E-state index contributed by atoms with van der Waals surface area (Å²) in [5, 5.41) is 0. The van der Waals surface area contributed by atoms with E-state index in [1.165, 1.54) is 44.1 Å². The molecule has 104 valence electrons. The molecular weight excluding hydrogens is 234 g/mol. The zero-order valence-electron chi connectivity index (χ0n) is 11.8. The van der Waals surface area contributed by atoms with Gasteiger partial charge in [-0.3, -0.25) is 4.90 Å². The Morgan fingerprint density at radius 3 is 2.32 bits per heavy atom. The van der Waals surface area contributed by atoms with Gasteiger partial charge in [0, 0.05) is 18.6 Å². The van der Waals surface area contributed by atoms with Crippen molar-refractivity contribution in [2.45, 2.75) is 44.1 Å². The van der Waals surface area contributed by atoms with E-state index in [0.717, 1.165) is 26.3 Å². The highest BCUT2D eigenvalue weighted by atomic mass is 16.5. The zero-order chi connectivity index (χ0) is 13.0. The lowest BCUT2D eigenvalue weighted by atomic mass is 9.76. The second-order valence-corrected chi connectivity index (χ2v) is 6.05. The predicted molar refractivity (Wildman–Crippen MR) is 78.4 cm³/mol. The first-order chi connectivity index (χ1) is 9.39. The van der Waals surface area contributed by atoms with E-state index >= 15 is 0 Å². The lowest BCUT2D eigenvalue weighted by Gasteiger charge is -2.48. The third kappa shape index (κ3) is 3.01. The number of nitrogens with zero attached hydrogens (tertiary/aromatic N) is 1. The maximum Gasteiger partial charge on any atom is 0.0594 e. The summed E-state index contributed by atoms with van der Waals surface area (Å²) in [6, 6.07) is 11.0. The summed E-state index contributed by atoms with van der Waals surface area (Å²) in [6.07, 6.45) is 8.15. The predicted octanol–water partition coefficient (Wildman–Crippen LogP) is 3.26. The van der Waals surface area contributed by atoms with Crippen molar-refractivity contribution in [1.82, 2.24) is 4.90 Å². The van der Waals surface area contributed by atoms with Crippen LogP contribution in [0.15, 0.2) is 30.3 Å². The monoisotopic (exact) mass is 259 g/mol. The second-order valence-electron chi connectivity index (χ2n) is 6.05. The van der Waals surface area contributed by atoms with Crippen LogP contribution in [0.4, 0.5) is 0 Å². The van der Waals surface area contributed by atoms with Gasteiger partial charge in [0.05, 0.1) is 13.2 Å². The first kappa shape index (κ1) is 13.1. The standard InChI is InChI=1S/C17H25NO/c1-3-7-16(8-4-1)15-17(9-5-2-6-10-17)18-11-13-19-14-12-18/h1,3-4,7-8H,2,5-6,9-15H2. The van der Waals surface area contributed by atoms with E-state index in [4.69, 9.17) is 4.74 Å².